The van der Waals surface area contributed by atoms with Crippen LogP contribution in [0.25, 0.3) is 0 Å². The predicted octanol–water partition coefficient (Wildman–Crippen LogP) is 1.74. The van der Waals surface area contributed by atoms with Crippen molar-refractivity contribution in [2.75, 3.05) is 11.5 Å². The first kappa shape index (κ1) is 16.8. The van der Waals surface area contributed by atoms with Crippen molar-refractivity contribution in [1.29, 1.82) is 0 Å². The Hall–Kier alpha value is -0.260. The molecule has 1 unspecified atom stereocenters. The topological polar surface area (TPSA) is 86.5 Å². The lowest BCUT2D eigenvalue weighted by molar-refractivity contribution is 0.362. The summed E-state index contributed by atoms with van der Waals surface area (Å²) in [6.07, 6.45) is 0.628. The summed E-state index contributed by atoms with van der Waals surface area (Å²) in [4.78, 5) is 36.9. The average Bonchev–Trinajstić information content (AvgIpc) is 2.27. The van der Waals surface area contributed by atoms with Crippen molar-refractivity contribution < 1.29 is 14.7 Å². The van der Waals surface area contributed by atoms with Gasteiger partial charge in [0, 0.05) is 17.3 Å². The van der Waals surface area contributed by atoms with Crippen molar-refractivity contribution in [3.63, 3.8) is 0 Å². The van der Waals surface area contributed by atoms with Crippen LogP contribution in [0.4, 0.5) is 0 Å². The van der Waals surface area contributed by atoms with Gasteiger partial charge in [-0.3, -0.25) is 0 Å². The molecule has 1 aromatic heterocycles. The molecule has 0 saturated heterocycles. The second-order valence-corrected chi connectivity index (χ2v) is 10.7. The Bertz CT molecular complexity index is 491. The Labute approximate surface area is 116 Å². The van der Waals surface area contributed by atoms with Gasteiger partial charge in [0.15, 0.2) is 0 Å². The van der Waals surface area contributed by atoms with Crippen molar-refractivity contribution in [3.8, 4) is 0 Å². The zero-order valence-electron chi connectivity index (χ0n) is 11.9. The Morgan fingerprint density at radius 1 is 1.26 bits per heavy atom. The fourth-order valence-corrected chi connectivity index (χ4v) is 5.08. The summed E-state index contributed by atoms with van der Waals surface area (Å²) in [5, 5.41) is 0. The molecule has 0 aliphatic heterocycles. The third kappa shape index (κ3) is 5.32. The second kappa shape index (κ2) is 6.95. The number of nitrogens with zero attached hydrogens (tertiary/aromatic N) is 2. The lowest BCUT2D eigenvalue weighted by Crippen LogP contribution is -2.09. The standard InChI is InChI=1S/C12H23N2O3PS/c1-5-19(18(15,16)17)7-6-11-8-10(4)13-12(14-11)9(2)3/h8-9,15-17H,5-7H2,1-4H3. The summed E-state index contributed by atoms with van der Waals surface area (Å²) in [6, 6.07) is 1.91. The van der Waals surface area contributed by atoms with E-state index < -0.39 is 16.8 Å². The first-order valence-corrected chi connectivity index (χ1v) is 10.2. The Balaban J connectivity index is 2.90. The Morgan fingerprint density at radius 3 is 2.37 bits per heavy atom. The highest BCUT2D eigenvalue weighted by Gasteiger charge is 2.12. The van der Waals surface area contributed by atoms with Gasteiger partial charge in [0.2, 0.25) is 0 Å². The molecule has 1 atom stereocenters. The molecule has 110 valence electrons. The number of hydrogen-bond acceptors (Lipinski definition) is 2. The van der Waals surface area contributed by atoms with Gasteiger partial charge in [-0.05, 0) is 30.9 Å². The molecule has 19 heavy (non-hydrogen) atoms. The van der Waals surface area contributed by atoms with Crippen molar-refractivity contribution in [3.05, 3.63) is 23.3 Å². The molecule has 1 heterocycles. The highest BCUT2D eigenvalue weighted by atomic mass is 32.5. The largest absolute Gasteiger partial charge is 0.329 e. The van der Waals surface area contributed by atoms with E-state index in [0.29, 0.717) is 17.9 Å². The minimum Gasteiger partial charge on any atom is -0.329 e. The van der Waals surface area contributed by atoms with Crippen LogP contribution in [-0.2, 0) is 16.5 Å². The predicted molar refractivity (Wildman–Crippen MR) is 80.9 cm³/mol. The maximum Gasteiger partial charge on any atom is 0.277 e. The van der Waals surface area contributed by atoms with E-state index in [1.165, 1.54) is 0 Å². The van der Waals surface area contributed by atoms with E-state index in [4.69, 9.17) is 0 Å². The van der Waals surface area contributed by atoms with Crippen molar-refractivity contribution in [1.82, 2.24) is 9.97 Å². The highest BCUT2D eigenvalue weighted by molar-refractivity contribution is 8.27. The minimum atomic E-state index is -3.72. The van der Waals surface area contributed by atoms with Crippen LogP contribution < -0.4 is 0 Å². The van der Waals surface area contributed by atoms with Gasteiger partial charge in [0.25, 0.3) is 6.72 Å². The summed E-state index contributed by atoms with van der Waals surface area (Å²) < 4.78 is 0. The lowest BCUT2D eigenvalue weighted by atomic mass is 10.2. The molecule has 0 bridgehead atoms. The molecule has 0 saturated carbocycles. The van der Waals surface area contributed by atoms with E-state index in [-0.39, 0.29) is 5.92 Å². The number of aromatic nitrogens is 2. The fourth-order valence-electron chi connectivity index (χ4n) is 1.71. The van der Waals surface area contributed by atoms with Gasteiger partial charge in [0.05, 0.1) is 0 Å². The van der Waals surface area contributed by atoms with E-state index in [1.807, 2.05) is 33.8 Å². The van der Waals surface area contributed by atoms with Gasteiger partial charge in [-0.15, -0.1) is 10.1 Å². The van der Waals surface area contributed by atoms with Crippen LogP contribution in [0.1, 0.15) is 43.9 Å². The first-order valence-electron chi connectivity index (χ1n) is 6.34. The molecule has 0 aliphatic carbocycles. The molecule has 3 N–H and O–H groups in total. The van der Waals surface area contributed by atoms with E-state index in [9.17, 15) is 14.7 Å². The molecule has 0 radical (unpaired) electrons. The zero-order valence-corrected chi connectivity index (χ0v) is 13.6. The molecule has 0 amide bonds. The molecule has 0 aromatic carbocycles. The molecule has 0 fully saturated rings. The van der Waals surface area contributed by atoms with E-state index in [2.05, 4.69) is 9.97 Å². The van der Waals surface area contributed by atoms with Crippen LogP contribution in [0, 0.1) is 6.92 Å². The van der Waals surface area contributed by atoms with Gasteiger partial charge in [-0.1, -0.05) is 20.8 Å². The summed E-state index contributed by atoms with van der Waals surface area (Å²) in [5.41, 5.74) is 1.82. The summed E-state index contributed by atoms with van der Waals surface area (Å²) in [5.74, 6) is 2.19. The molecule has 5 nitrogen and oxygen atoms in total. The summed E-state index contributed by atoms with van der Waals surface area (Å²) in [7, 11) is -0.756. The van der Waals surface area contributed by atoms with Crippen LogP contribution in [-0.4, -0.2) is 36.2 Å². The SMILES string of the molecule is CCS(CCc1cc(C)nc(C(C)C)n1)=P(O)(O)O. The smallest absolute Gasteiger partial charge is 0.277 e. The first-order chi connectivity index (χ1) is 8.74. The molecular weight excluding hydrogens is 283 g/mol. The quantitative estimate of drug-likeness (QED) is 0.721. The van der Waals surface area contributed by atoms with E-state index in [1.54, 1.807) is 0 Å². The van der Waals surface area contributed by atoms with Gasteiger partial charge >= 0.3 is 0 Å². The summed E-state index contributed by atoms with van der Waals surface area (Å²) in [6.45, 7) is 4.14. The molecular formula is C12H23N2O3PS. The molecule has 1 rings (SSSR count). The number of rotatable bonds is 5. The molecule has 0 spiro atoms. The van der Waals surface area contributed by atoms with Crippen molar-refractivity contribution in [2.45, 2.75) is 40.0 Å². The number of aryl methyl sites for hydroxylation is 2. The summed E-state index contributed by atoms with van der Waals surface area (Å²) >= 11 is 0. The van der Waals surface area contributed by atoms with Crippen molar-refractivity contribution in [2.24, 2.45) is 0 Å². The molecule has 7 heteroatoms. The van der Waals surface area contributed by atoms with Crippen LogP contribution in [0.2, 0.25) is 0 Å². The lowest BCUT2D eigenvalue weighted by Gasteiger charge is -2.14. The normalized spacial score (nSPS) is 13.9. The number of hydrogen-bond donors (Lipinski definition) is 3. The fraction of sp³-hybridized carbons (Fsp3) is 0.667. The van der Waals surface area contributed by atoms with Gasteiger partial charge < -0.3 is 14.7 Å². The monoisotopic (exact) mass is 306 g/mol. The third-order valence-corrected chi connectivity index (χ3v) is 8.15. The van der Waals surface area contributed by atoms with Crippen LogP contribution >= 0.6 is 6.72 Å². The van der Waals surface area contributed by atoms with E-state index >= 15 is 0 Å². The maximum absolute atomic E-state index is 9.35. The van der Waals surface area contributed by atoms with Gasteiger partial charge in [-0.25, -0.2) is 9.97 Å². The third-order valence-electron chi connectivity index (χ3n) is 2.71. The minimum absolute atomic E-state index is 0.267. The average molecular weight is 306 g/mol. The van der Waals surface area contributed by atoms with Crippen LogP contribution in [0.5, 0.6) is 0 Å². The van der Waals surface area contributed by atoms with Gasteiger partial charge in [0.1, 0.15) is 5.82 Å². The van der Waals surface area contributed by atoms with Crippen LogP contribution in [0.3, 0.4) is 0 Å². The molecule has 1 aromatic rings. The maximum atomic E-state index is 9.35. The zero-order chi connectivity index (χ0) is 14.6. The van der Waals surface area contributed by atoms with E-state index in [0.717, 1.165) is 17.2 Å². The van der Waals surface area contributed by atoms with Crippen molar-refractivity contribution >= 4 is 16.8 Å². The molecule has 0 aliphatic rings. The Morgan fingerprint density at radius 2 is 1.89 bits per heavy atom. The van der Waals surface area contributed by atoms with Gasteiger partial charge in [-0.2, -0.15) is 0 Å². The second-order valence-electron chi connectivity index (χ2n) is 4.73. The van der Waals surface area contributed by atoms with Crippen LogP contribution in [0.15, 0.2) is 6.07 Å². The highest BCUT2D eigenvalue weighted by Crippen LogP contribution is 2.36. The Kier molecular flexibility index (Phi) is 6.15.